The molecular weight excluding hydrogens is 280 g/mol. The monoisotopic (exact) mass is 300 g/mol. The fourth-order valence-electron chi connectivity index (χ4n) is 2.83. The molecule has 0 aromatic heterocycles. The van der Waals surface area contributed by atoms with Crippen molar-refractivity contribution in [3.63, 3.8) is 0 Å². The Hall–Kier alpha value is -0.440. The predicted octanol–water partition coefficient (Wildman–Crippen LogP) is 1.52. The molecule has 1 saturated carbocycles. The van der Waals surface area contributed by atoms with Crippen LogP contribution in [0.2, 0.25) is 0 Å². The molecule has 1 aliphatic heterocycles. The highest BCUT2D eigenvalue weighted by atomic mass is 19.3. The minimum absolute atomic E-state index is 0.0151. The first-order chi connectivity index (χ1) is 9.54. The lowest BCUT2D eigenvalue weighted by atomic mass is 9.79. The minimum atomic E-state index is -2.74. The van der Waals surface area contributed by atoms with Gasteiger partial charge < -0.3 is 14.8 Å². The molecule has 0 spiro atoms. The maximum Gasteiger partial charge on any atom is 0.345 e. The number of hydrogen-bond acceptors (Lipinski definition) is 4. The molecule has 1 aliphatic carbocycles. The normalized spacial score (nSPS) is 31.8. The number of alkyl halides is 4. The summed E-state index contributed by atoms with van der Waals surface area (Å²) in [5.41, 5.74) is 0. The first kappa shape index (κ1) is 15.9. The molecule has 1 N–H and O–H groups in total. The van der Waals surface area contributed by atoms with E-state index in [-0.39, 0.29) is 25.2 Å². The summed E-state index contributed by atoms with van der Waals surface area (Å²) in [5.74, 6) is 0.180. The van der Waals surface area contributed by atoms with Crippen molar-refractivity contribution in [1.29, 1.82) is 0 Å². The van der Waals surface area contributed by atoms with Crippen LogP contribution in [0.3, 0.4) is 0 Å². The van der Waals surface area contributed by atoms with Crippen LogP contribution in [0, 0.1) is 5.92 Å². The summed E-state index contributed by atoms with van der Waals surface area (Å²) >= 11 is 0. The van der Waals surface area contributed by atoms with E-state index < -0.39 is 13.2 Å². The van der Waals surface area contributed by atoms with Crippen molar-refractivity contribution in [2.75, 3.05) is 32.8 Å². The van der Waals surface area contributed by atoms with Crippen LogP contribution in [0.15, 0.2) is 0 Å². The maximum atomic E-state index is 12.0. The van der Waals surface area contributed by atoms with Crippen molar-refractivity contribution in [3.8, 4) is 0 Å². The Bertz CT molecular complexity index is 291. The van der Waals surface area contributed by atoms with E-state index in [1.165, 1.54) is 0 Å². The van der Waals surface area contributed by atoms with Gasteiger partial charge in [0.25, 0.3) is 0 Å². The van der Waals surface area contributed by atoms with Crippen LogP contribution in [0.1, 0.15) is 12.8 Å². The summed E-state index contributed by atoms with van der Waals surface area (Å²) in [4.78, 5) is 2.22. The Morgan fingerprint density at radius 2 is 1.70 bits per heavy atom. The molecule has 118 valence electrons. The molecule has 2 aliphatic rings. The average Bonchev–Trinajstić information content (AvgIpc) is 2.34. The number of rotatable bonds is 7. The molecular formula is C12H20F4N2O2. The van der Waals surface area contributed by atoms with E-state index in [0.29, 0.717) is 12.6 Å². The van der Waals surface area contributed by atoms with Crippen molar-refractivity contribution < 1.29 is 27.0 Å². The lowest BCUT2D eigenvalue weighted by Crippen LogP contribution is -2.58. The summed E-state index contributed by atoms with van der Waals surface area (Å²) in [7, 11) is 0. The van der Waals surface area contributed by atoms with Gasteiger partial charge in [0.05, 0.1) is 13.2 Å². The minimum Gasteiger partial charge on any atom is -0.323 e. The molecule has 0 aromatic carbocycles. The van der Waals surface area contributed by atoms with E-state index in [9.17, 15) is 17.6 Å². The van der Waals surface area contributed by atoms with Gasteiger partial charge in [0, 0.05) is 31.7 Å². The molecule has 1 saturated heterocycles. The van der Waals surface area contributed by atoms with Crippen LogP contribution in [0.4, 0.5) is 17.6 Å². The van der Waals surface area contributed by atoms with Gasteiger partial charge in [0.1, 0.15) is 0 Å². The number of hydrogen-bond donors (Lipinski definition) is 1. The quantitative estimate of drug-likeness (QED) is 0.723. The molecule has 0 unspecified atom stereocenters. The van der Waals surface area contributed by atoms with Gasteiger partial charge in [0.2, 0.25) is 0 Å². The Kier molecular flexibility index (Phi) is 6.01. The molecule has 4 nitrogen and oxygen atoms in total. The summed E-state index contributed by atoms with van der Waals surface area (Å²) < 4.78 is 56.4. The smallest absolute Gasteiger partial charge is 0.323 e. The molecule has 8 heteroatoms. The van der Waals surface area contributed by atoms with Crippen molar-refractivity contribution in [2.45, 2.75) is 38.1 Å². The van der Waals surface area contributed by atoms with Gasteiger partial charge in [-0.25, -0.2) is 0 Å². The van der Waals surface area contributed by atoms with Gasteiger partial charge >= 0.3 is 13.2 Å². The average molecular weight is 300 g/mol. The first-order valence-corrected chi connectivity index (χ1v) is 6.81. The van der Waals surface area contributed by atoms with Crippen molar-refractivity contribution in [3.05, 3.63) is 0 Å². The highest BCUT2D eigenvalue weighted by Gasteiger charge is 2.36. The summed E-state index contributed by atoms with van der Waals surface area (Å²) in [5, 5.41) is 3.13. The highest BCUT2D eigenvalue weighted by molar-refractivity contribution is 4.91. The second kappa shape index (κ2) is 7.53. The standard InChI is InChI=1S/C12H20F4N2O2/c13-11(14)19-6-8-3-10(4-8)18-2-1-17-9(5-18)7-20-12(15)16/h8-12,17H,1-7H2/t8?,9-,10?/m0/s1. The second-order valence-corrected chi connectivity index (χ2v) is 5.33. The maximum absolute atomic E-state index is 12.0. The van der Waals surface area contributed by atoms with Crippen LogP contribution in [0.5, 0.6) is 0 Å². The Labute approximate surface area is 115 Å². The highest BCUT2D eigenvalue weighted by Crippen LogP contribution is 2.32. The van der Waals surface area contributed by atoms with Crippen molar-refractivity contribution in [2.24, 2.45) is 5.92 Å². The van der Waals surface area contributed by atoms with Crippen molar-refractivity contribution >= 4 is 0 Å². The molecule has 0 aromatic rings. The molecule has 20 heavy (non-hydrogen) atoms. The van der Waals surface area contributed by atoms with Gasteiger partial charge in [0.15, 0.2) is 0 Å². The van der Waals surface area contributed by atoms with Gasteiger partial charge in [-0.2, -0.15) is 17.6 Å². The SMILES string of the molecule is FC(F)OCC1CC(N2CCN[C@H](COC(F)F)C2)C1. The molecule has 0 radical (unpaired) electrons. The number of nitrogens with zero attached hydrogens (tertiary/aromatic N) is 1. The third kappa shape index (κ3) is 4.83. The Morgan fingerprint density at radius 3 is 2.35 bits per heavy atom. The van der Waals surface area contributed by atoms with Crippen LogP contribution in [-0.2, 0) is 9.47 Å². The molecule has 1 heterocycles. The zero-order chi connectivity index (χ0) is 14.5. The van der Waals surface area contributed by atoms with Crippen LogP contribution >= 0.6 is 0 Å². The molecule has 0 amide bonds. The summed E-state index contributed by atoms with van der Waals surface area (Å²) in [6.07, 6.45) is 1.66. The largest absolute Gasteiger partial charge is 0.345 e. The van der Waals surface area contributed by atoms with Crippen LogP contribution < -0.4 is 5.32 Å². The van der Waals surface area contributed by atoms with Gasteiger partial charge in [-0.15, -0.1) is 0 Å². The number of halogens is 4. The predicted molar refractivity (Wildman–Crippen MR) is 63.8 cm³/mol. The van der Waals surface area contributed by atoms with E-state index in [4.69, 9.17) is 0 Å². The third-order valence-corrected chi connectivity index (χ3v) is 3.90. The van der Waals surface area contributed by atoms with E-state index in [0.717, 1.165) is 25.9 Å². The summed E-state index contributed by atoms with van der Waals surface area (Å²) in [6.45, 7) is -3.14. The van der Waals surface area contributed by atoms with E-state index in [2.05, 4.69) is 19.7 Å². The number of piperazine rings is 1. The van der Waals surface area contributed by atoms with E-state index in [1.54, 1.807) is 0 Å². The van der Waals surface area contributed by atoms with E-state index in [1.807, 2.05) is 0 Å². The third-order valence-electron chi connectivity index (χ3n) is 3.90. The molecule has 2 fully saturated rings. The fraction of sp³-hybridized carbons (Fsp3) is 1.00. The van der Waals surface area contributed by atoms with Crippen LogP contribution in [-0.4, -0.2) is 63.1 Å². The molecule has 1 atom stereocenters. The van der Waals surface area contributed by atoms with Gasteiger partial charge in [-0.1, -0.05) is 0 Å². The number of ether oxygens (including phenoxy) is 2. The molecule has 0 bridgehead atoms. The van der Waals surface area contributed by atoms with E-state index >= 15 is 0 Å². The zero-order valence-electron chi connectivity index (χ0n) is 11.1. The zero-order valence-corrected chi connectivity index (χ0v) is 11.1. The van der Waals surface area contributed by atoms with Crippen molar-refractivity contribution in [1.82, 2.24) is 10.2 Å². The topological polar surface area (TPSA) is 33.7 Å². The first-order valence-electron chi connectivity index (χ1n) is 6.81. The van der Waals surface area contributed by atoms with Gasteiger partial charge in [-0.05, 0) is 18.8 Å². The Balaban J connectivity index is 1.64. The van der Waals surface area contributed by atoms with Gasteiger partial charge in [-0.3, -0.25) is 4.90 Å². The summed E-state index contributed by atoms with van der Waals surface area (Å²) in [6, 6.07) is 0.242. The van der Waals surface area contributed by atoms with Crippen LogP contribution in [0.25, 0.3) is 0 Å². The lowest BCUT2D eigenvalue weighted by Gasteiger charge is -2.46. The molecule has 2 rings (SSSR count). The Morgan fingerprint density at radius 1 is 1.05 bits per heavy atom. The fourth-order valence-corrected chi connectivity index (χ4v) is 2.83. The number of nitrogens with one attached hydrogen (secondary N) is 1. The second-order valence-electron chi connectivity index (χ2n) is 5.33. The lowest BCUT2D eigenvalue weighted by molar-refractivity contribution is -0.151.